The monoisotopic (exact) mass is 297 g/mol. The highest BCUT2D eigenvalue weighted by Crippen LogP contribution is 2.06. The molecular formula is C17H19N3O2. The number of ether oxygens (including phenoxy) is 1. The summed E-state index contributed by atoms with van der Waals surface area (Å²) >= 11 is 0. The number of anilines is 1. The highest BCUT2D eigenvalue weighted by Gasteiger charge is 2.00. The molecule has 2 rings (SSSR count). The minimum atomic E-state index is -0.414. The Morgan fingerprint density at radius 1 is 1.27 bits per heavy atom. The minimum absolute atomic E-state index is 0.275. The summed E-state index contributed by atoms with van der Waals surface area (Å²) in [7, 11) is 0. The van der Waals surface area contributed by atoms with Crippen LogP contribution in [-0.2, 0) is 11.3 Å². The molecular weight excluding hydrogens is 278 g/mol. The standard InChI is InChI=1S/C17H19N3O2/c18-16-10-15(11-19-12-16)8-4-5-9-20-17(21)22-13-14-6-2-1-3-7-14/h1-4,6-8,10-12H,5,9,13,18H2,(H,20,21). The largest absolute Gasteiger partial charge is 0.445 e. The average Bonchev–Trinajstić information content (AvgIpc) is 2.54. The van der Waals surface area contributed by atoms with Crippen molar-refractivity contribution < 1.29 is 9.53 Å². The topological polar surface area (TPSA) is 77.2 Å². The number of pyridine rings is 1. The Morgan fingerprint density at radius 3 is 2.86 bits per heavy atom. The quantitative estimate of drug-likeness (QED) is 0.804. The van der Waals surface area contributed by atoms with Gasteiger partial charge in [0.1, 0.15) is 6.61 Å². The van der Waals surface area contributed by atoms with E-state index in [9.17, 15) is 4.79 Å². The first-order chi connectivity index (χ1) is 10.7. The smallest absolute Gasteiger partial charge is 0.407 e. The van der Waals surface area contributed by atoms with Crippen molar-refractivity contribution in [1.82, 2.24) is 10.3 Å². The van der Waals surface area contributed by atoms with Crippen molar-refractivity contribution in [3.8, 4) is 0 Å². The Morgan fingerprint density at radius 2 is 2.09 bits per heavy atom. The lowest BCUT2D eigenvalue weighted by Crippen LogP contribution is -2.24. The van der Waals surface area contributed by atoms with Crippen LogP contribution in [0.3, 0.4) is 0 Å². The molecule has 0 bridgehead atoms. The van der Waals surface area contributed by atoms with Gasteiger partial charge in [0.2, 0.25) is 0 Å². The maximum absolute atomic E-state index is 11.5. The summed E-state index contributed by atoms with van der Waals surface area (Å²) in [5.74, 6) is 0. The molecule has 114 valence electrons. The first kappa shape index (κ1) is 15.6. The summed E-state index contributed by atoms with van der Waals surface area (Å²) in [5, 5.41) is 2.70. The molecule has 0 unspecified atom stereocenters. The average molecular weight is 297 g/mol. The fraction of sp³-hybridized carbons (Fsp3) is 0.176. The molecule has 5 heteroatoms. The van der Waals surface area contributed by atoms with Crippen molar-refractivity contribution in [3.05, 3.63) is 66.0 Å². The van der Waals surface area contributed by atoms with Crippen LogP contribution < -0.4 is 11.1 Å². The normalized spacial score (nSPS) is 10.5. The van der Waals surface area contributed by atoms with Crippen molar-refractivity contribution >= 4 is 17.9 Å². The lowest BCUT2D eigenvalue weighted by Gasteiger charge is -2.05. The van der Waals surface area contributed by atoms with Gasteiger partial charge in [-0.3, -0.25) is 4.98 Å². The van der Waals surface area contributed by atoms with Crippen LogP contribution in [-0.4, -0.2) is 17.6 Å². The molecule has 1 heterocycles. The molecule has 22 heavy (non-hydrogen) atoms. The number of hydrogen-bond donors (Lipinski definition) is 2. The highest BCUT2D eigenvalue weighted by atomic mass is 16.5. The molecule has 5 nitrogen and oxygen atoms in total. The number of nitrogens with one attached hydrogen (secondary N) is 1. The van der Waals surface area contributed by atoms with Crippen LogP contribution in [0.15, 0.2) is 54.9 Å². The highest BCUT2D eigenvalue weighted by molar-refractivity contribution is 5.67. The Hall–Kier alpha value is -2.82. The molecule has 0 aliphatic carbocycles. The van der Waals surface area contributed by atoms with Crippen molar-refractivity contribution in [2.24, 2.45) is 0 Å². The second-order valence-corrected chi connectivity index (χ2v) is 4.73. The molecule has 0 spiro atoms. The van der Waals surface area contributed by atoms with Crippen molar-refractivity contribution in [1.29, 1.82) is 0 Å². The summed E-state index contributed by atoms with van der Waals surface area (Å²) in [6.07, 6.45) is 7.49. The zero-order chi connectivity index (χ0) is 15.6. The molecule has 3 N–H and O–H groups in total. The van der Waals surface area contributed by atoms with E-state index in [1.165, 1.54) is 0 Å². The third kappa shape index (κ3) is 5.66. The number of nitrogens with two attached hydrogens (primary N) is 1. The SMILES string of the molecule is Nc1cncc(C=CCCNC(=O)OCc2ccccc2)c1. The fourth-order valence-corrected chi connectivity index (χ4v) is 1.82. The van der Waals surface area contributed by atoms with Gasteiger partial charge in [0.25, 0.3) is 0 Å². The van der Waals surface area contributed by atoms with Gasteiger partial charge in [-0.05, 0) is 23.6 Å². The molecule has 0 aliphatic rings. The lowest BCUT2D eigenvalue weighted by atomic mass is 10.2. The van der Waals surface area contributed by atoms with Crippen LogP contribution in [0, 0.1) is 0 Å². The lowest BCUT2D eigenvalue weighted by molar-refractivity contribution is 0.140. The van der Waals surface area contributed by atoms with Crippen molar-refractivity contribution in [3.63, 3.8) is 0 Å². The second kappa shape index (κ2) is 8.46. The van der Waals surface area contributed by atoms with E-state index in [0.29, 0.717) is 18.7 Å². The molecule has 0 atom stereocenters. The maximum Gasteiger partial charge on any atom is 0.407 e. The van der Waals surface area contributed by atoms with Gasteiger partial charge in [-0.1, -0.05) is 42.5 Å². The van der Waals surface area contributed by atoms with E-state index in [1.807, 2.05) is 48.6 Å². The summed E-state index contributed by atoms with van der Waals surface area (Å²) in [6, 6.07) is 11.4. The zero-order valence-corrected chi connectivity index (χ0v) is 12.2. The molecule has 0 saturated heterocycles. The van der Waals surface area contributed by atoms with E-state index in [2.05, 4.69) is 10.3 Å². The van der Waals surface area contributed by atoms with Crippen molar-refractivity contribution in [2.75, 3.05) is 12.3 Å². The van der Waals surface area contributed by atoms with Gasteiger partial charge in [-0.15, -0.1) is 0 Å². The predicted molar refractivity (Wildman–Crippen MR) is 86.9 cm³/mol. The van der Waals surface area contributed by atoms with Crippen LogP contribution in [0.5, 0.6) is 0 Å². The fourth-order valence-electron chi connectivity index (χ4n) is 1.82. The van der Waals surface area contributed by atoms with Gasteiger partial charge in [-0.2, -0.15) is 0 Å². The Bertz CT molecular complexity index is 627. The van der Waals surface area contributed by atoms with E-state index >= 15 is 0 Å². The number of rotatable bonds is 6. The number of nitrogen functional groups attached to an aromatic ring is 1. The predicted octanol–water partition coefficient (Wildman–Crippen LogP) is 2.99. The van der Waals surface area contributed by atoms with E-state index in [1.54, 1.807) is 12.4 Å². The number of carbonyl (C=O) groups is 1. The summed E-state index contributed by atoms with van der Waals surface area (Å²) < 4.78 is 5.11. The van der Waals surface area contributed by atoms with E-state index in [0.717, 1.165) is 11.1 Å². The van der Waals surface area contributed by atoms with Gasteiger partial charge in [0, 0.05) is 18.9 Å². The van der Waals surface area contributed by atoms with Crippen LogP contribution in [0.25, 0.3) is 6.08 Å². The maximum atomic E-state index is 11.5. The van der Waals surface area contributed by atoms with Gasteiger partial charge in [0.15, 0.2) is 0 Å². The molecule has 1 aromatic carbocycles. The molecule has 2 aromatic rings. The third-order valence-electron chi connectivity index (χ3n) is 2.88. The molecule has 0 aliphatic heterocycles. The van der Waals surface area contributed by atoms with Gasteiger partial charge < -0.3 is 15.8 Å². The Labute approximate surface area is 129 Å². The Kier molecular flexibility index (Phi) is 5.99. The number of carbonyl (C=O) groups excluding carboxylic acids is 1. The first-order valence-corrected chi connectivity index (χ1v) is 7.05. The molecule has 0 radical (unpaired) electrons. The molecule has 1 amide bonds. The number of aromatic nitrogens is 1. The molecule has 0 saturated carbocycles. The first-order valence-electron chi connectivity index (χ1n) is 7.05. The Balaban J connectivity index is 1.63. The molecule has 1 aromatic heterocycles. The summed E-state index contributed by atoms with van der Waals surface area (Å²) in [5.41, 5.74) is 8.17. The summed E-state index contributed by atoms with van der Waals surface area (Å²) in [6.45, 7) is 0.789. The number of benzene rings is 1. The third-order valence-corrected chi connectivity index (χ3v) is 2.88. The van der Waals surface area contributed by atoms with Crippen molar-refractivity contribution in [2.45, 2.75) is 13.0 Å². The van der Waals surface area contributed by atoms with Crippen LogP contribution >= 0.6 is 0 Å². The molecule has 0 fully saturated rings. The van der Waals surface area contributed by atoms with Crippen LogP contribution in [0.1, 0.15) is 17.5 Å². The minimum Gasteiger partial charge on any atom is -0.445 e. The number of hydrogen-bond acceptors (Lipinski definition) is 4. The van der Waals surface area contributed by atoms with Gasteiger partial charge >= 0.3 is 6.09 Å². The van der Waals surface area contributed by atoms with Gasteiger partial charge in [-0.25, -0.2) is 4.79 Å². The van der Waals surface area contributed by atoms with Gasteiger partial charge in [0.05, 0.1) is 5.69 Å². The number of amides is 1. The van der Waals surface area contributed by atoms with Crippen LogP contribution in [0.4, 0.5) is 10.5 Å². The zero-order valence-electron chi connectivity index (χ0n) is 12.2. The van der Waals surface area contributed by atoms with E-state index in [4.69, 9.17) is 10.5 Å². The van der Waals surface area contributed by atoms with E-state index < -0.39 is 6.09 Å². The number of alkyl carbamates (subject to hydrolysis) is 1. The summed E-state index contributed by atoms with van der Waals surface area (Å²) in [4.78, 5) is 15.5. The number of nitrogens with zero attached hydrogens (tertiary/aromatic N) is 1. The second-order valence-electron chi connectivity index (χ2n) is 4.73. The van der Waals surface area contributed by atoms with E-state index in [-0.39, 0.29) is 6.61 Å². The van der Waals surface area contributed by atoms with Crippen LogP contribution in [0.2, 0.25) is 0 Å².